The number of fused-ring (bicyclic) bond motifs is 1. The number of aliphatic imine (C=N–C) groups is 1. The summed E-state index contributed by atoms with van der Waals surface area (Å²) in [7, 11) is 0. The third-order valence-electron chi connectivity index (χ3n) is 2.77. The average molecular weight is 208 g/mol. The molecule has 0 fully saturated rings. The quantitative estimate of drug-likeness (QED) is 0.702. The number of anilines is 1. The molecule has 0 unspecified atom stereocenters. The molecule has 0 saturated heterocycles. The summed E-state index contributed by atoms with van der Waals surface area (Å²) in [5, 5.41) is 2.54. The van der Waals surface area contributed by atoms with Gasteiger partial charge in [-0.05, 0) is 17.5 Å². The Morgan fingerprint density at radius 1 is 1.00 bits per heavy atom. The van der Waals surface area contributed by atoms with Crippen LogP contribution < -0.4 is 4.90 Å². The number of benzene rings is 2. The Labute approximate surface area is 94.5 Å². The van der Waals surface area contributed by atoms with E-state index in [1.165, 1.54) is 16.5 Å². The molecule has 0 N–H and O–H groups in total. The van der Waals surface area contributed by atoms with Crippen LogP contribution >= 0.6 is 0 Å². The lowest BCUT2D eigenvalue weighted by Gasteiger charge is -2.21. The average Bonchev–Trinajstić information content (AvgIpc) is 2.39. The van der Waals surface area contributed by atoms with E-state index in [2.05, 4.69) is 58.6 Å². The Hall–Kier alpha value is -2.09. The second-order valence-electron chi connectivity index (χ2n) is 3.78. The predicted molar refractivity (Wildman–Crippen MR) is 68.9 cm³/mol. The maximum absolute atomic E-state index is 4.26. The topological polar surface area (TPSA) is 15.6 Å². The molecule has 2 heteroatoms. The van der Waals surface area contributed by atoms with Crippen molar-refractivity contribution in [3.8, 4) is 0 Å². The molecule has 2 nitrogen and oxygen atoms in total. The van der Waals surface area contributed by atoms with E-state index >= 15 is 0 Å². The molecule has 1 aliphatic rings. The number of allylic oxidation sites excluding steroid dienone is 1. The Balaban J connectivity index is 2.16. The summed E-state index contributed by atoms with van der Waals surface area (Å²) in [6.07, 6.45) is 5.86. The number of hydrogen-bond acceptors (Lipinski definition) is 2. The molecule has 2 aromatic carbocycles. The zero-order chi connectivity index (χ0) is 10.8. The smallest absolute Gasteiger partial charge is 0.114 e. The van der Waals surface area contributed by atoms with Gasteiger partial charge in [-0.2, -0.15) is 0 Å². The molecule has 0 aromatic heterocycles. The van der Waals surface area contributed by atoms with Crippen molar-refractivity contribution in [1.82, 2.24) is 0 Å². The van der Waals surface area contributed by atoms with E-state index < -0.39 is 0 Å². The summed E-state index contributed by atoms with van der Waals surface area (Å²) in [6, 6.07) is 14.8. The Bertz CT molecular complexity index is 564. The summed E-state index contributed by atoms with van der Waals surface area (Å²) < 4.78 is 0. The minimum absolute atomic E-state index is 0.699. The first-order valence-electron chi connectivity index (χ1n) is 5.36. The van der Waals surface area contributed by atoms with E-state index in [4.69, 9.17) is 0 Å². The van der Waals surface area contributed by atoms with Crippen LogP contribution in [0.3, 0.4) is 0 Å². The van der Waals surface area contributed by atoms with Crippen LogP contribution in [0.2, 0.25) is 0 Å². The van der Waals surface area contributed by atoms with Crippen LogP contribution in [0, 0.1) is 0 Å². The van der Waals surface area contributed by atoms with Crippen LogP contribution in [0.5, 0.6) is 0 Å². The van der Waals surface area contributed by atoms with Gasteiger partial charge in [-0.15, -0.1) is 0 Å². The first-order valence-corrected chi connectivity index (χ1v) is 5.36. The molecule has 0 amide bonds. The Morgan fingerprint density at radius 3 is 2.75 bits per heavy atom. The van der Waals surface area contributed by atoms with E-state index in [1.54, 1.807) is 0 Å². The summed E-state index contributed by atoms with van der Waals surface area (Å²) >= 11 is 0. The van der Waals surface area contributed by atoms with Gasteiger partial charge >= 0.3 is 0 Å². The molecular formula is C14H12N2. The minimum Gasteiger partial charge on any atom is -0.327 e. The van der Waals surface area contributed by atoms with Gasteiger partial charge in [0.1, 0.15) is 6.67 Å². The molecule has 1 heterocycles. The van der Waals surface area contributed by atoms with E-state index in [0.29, 0.717) is 6.67 Å². The Morgan fingerprint density at radius 2 is 1.88 bits per heavy atom. The second kappa shape index (κ2) is 3.81. The maximum atomic E-state index is 4.26. The molecule has 0 spiro atoms. The molecule has 0 aliphatic carbocycles. The fourth-order valence-corrected chi connectivity index (χ4v) is 2.00. The molecule has 16 heavy (non-hydrogen) atoms. The fourth-order valence-electron chi connectivity index (χ4n) is 2.00. The molecule has 0 atom stereocenters. The Kier molecular flexibility index (Phi) is 2.18. The molecule has 0 radical (unpaired) electrons. The molecule has 1 aliphatic heterocycles. The van der Waals surface area contributed by atoms with E-state index in [-0.39, 0.29) is 0 Å². The summed E-state index contributed by atoms with van der Waals surface area (Å²) in [6.45, 7) is 0.699. The van der Waals surface area contributed by atoms with Crippen molar-refractivity contribution < 1.29 is 0 Å². The van der Waals surface area contributed by atoms with Gasteiger partial charge < -0.3 is 4.90 Å². The van der Waals surface area contributed by atoms with Gasteiger partial charge in [0.05, 0.1) is 5.69 Å². The van der Waals surface area contributed by atoms with E-state index in [9.17, 15) is 0 Å². The molecular weight excluding hydrogens is 196 g/mol. The van der Waals surface area contributed by atoms with Crippen LogP contribution in [0.15, 0.2) is 59.7 Å². The molecule has 0 saturated carbocycles. The molecule has 0 bridgehead atoms. The van der Waals surface area contributed by atoms with Gasteiger partial charge in [0.25, 0.3) is 0 Å². The monoisotopic (exact) mass is 208 g/mol. The van der Waals surface area contributed by atoms with Crippen molar-refractivity contribution in [2.45, 2.75) is 0 Å². The van der Waals surface area contributed by atoms with Crippen LogP contribution in [-0.4, -0.2) is 12.9 Å². The second-order valence-corrected chi connectivity index (χ2v) is 3.78. The first-order chi connectivity index (χ1) is 7.95. The lowest BCUT2D eigenvalue weighted by Crippen LogP contribution is -2.18. The minimum atomic E-state index is 0.699. The van der Waals surface area contributed by atoms with E-state index in [1.807, 2.05) is 12.3 Å². The predicted octanol–water partition coefficient (Wildman–Crippen LogP) is 3.20. The zero-order valence-electron chi connectivity index (χ0n) is 8.88. The van der Waals surface area contributed by atoms with Crippen molar-refractivity contribution in [2.75, 3.05) is 11.6 Å². The maximum Gasteiger partial charge on any atom is 0.114 e. The van der Waals surface area contributed by atoms with Crippen LogP contribution in [0.25, 0.3) is 10.8 Å². The zero-order valence-corrected chi connectivity index (χ0v) is 8.88. The van der Waals surface area contributed by atoms with Crippen molar-refractivity contribution in [3.63, 3.8) is 0 Å². The molecule has 78 valence electrons. The summed E-state index contributed by atoms with van der Waals surface area (Å²) in [5.74, 6) is 0. The van der Waals surface area contributed by atoms with Gasteiger partial charge in [-0.1, -0.05) is 36.4 Å². The largest absolute Gasteiger partial charge is 0.327 e. The van der Waals surface area contributed by atoms with Crippen LogP contribution in [-0.2, 0) is 0 Å². The van der Waals surface area contributed by atoms with Crippen molar-refractivity contribution >= 4 is 22.7 Å². The number of hydrogen-bond donors (Lipinski definition) is 0. The standard InChI is InChI=1S/C14H12N2/c1-2-7-13-12(5-1)6-3-8-14(13)16-10-4-9-15-11-16/h1-10H,11H2. The lowest BCUT2D eigenvalue weighted by atomic mass is 10.1. The summed E-state index contributed by atoms with van der Waals surface area (Å²) in [4.78, 5) is 6.41. The van der Waals surface area contributed by atoms with Gasteiger partial charge in [-0.25, -0.2) is 0 Å². The van der Waals surface area contributed by atoms with Crippen molar-refractivity contribution in [2.24, 2.45) is 4.99 Å². The third kappa shape index (κ3) is 1.48. The first kappa shape index (κ1) is 9.16. The fraction of sp³-hybridized carbons (Fsp3) is 0.0714. The highest BCUT2D eigenvalue weighted by Gasteiger charge is 2.07. The van der Waals surface area contributed by atoms with Gasteiger partial charge in [0.2, 0.25) is 0 Å². The molecule has 3 rings (SSSR count). The van der Waals surface area contributed by atoms with Crippen molar-refractivity contribution in [3.05, 3.63) is 54.7 Å². The van der Waals surface area contributed by atoms with Crippen molar-refractivity contribution in [1.29, 1.82) is 0 Å². The van der Waals surface area contributed by atoms with Gasteiger partial charge in [-0.3, -0.25) is 4.99 Å². The van der Waals surface area contributed by atoms with Gasteiger partial charge in [0, 0.05) is 17.8 Å². The number of nitrogens with zero attached hydrogens (tertiary/aromatic N) is 2. The highest BCUT2D eigenvalue weighted by molar-refractivity contribution is 5.95. The molecule has 2 aromatic rings. The lowest BCUT2D eigenvalue weighted by molar-refractivity contribution is 0.975. The normalized spacial score (nSPS) is 14.6. The third-order valence-corrected chi connectivity index (χ3v) is 2.77. The highest BCUT2D eigenvalue weighted by atomic mass is 15.2. The van der Waals surface area contributed by atoms with Crippen LogP contribution in [0.4, 0.5) is 5.69 Å². The summed E-state index contributed by atoms with van der Waals surface area (Å²) in [5.41, 5.74) is 1.21. The van der Waals surface area contributed by atoms with Gasteiger partial charge in [0.15, 0.2) is 0 Å². The van der Waals surface area contributed by atoms with Crippen LogP contribution in [0.1, 0.15) is 0 Å². The van der Waals surface area contributed by atoms with E-state index in [0.717, 1.165) is 0 Å². The SMILES string of the molecule is C1=CN(c2cccc3ccccc23)CN=C1. The highest BCUT2D eigenvalue weighted by Crippen LogP contribution is 2.27. The number of rotatable bonds is 1.